The maximum Gasteiger partial charge on any atom is 0.362 e. The topological polar surface area (TPSA) is 91.2 Å². The summed E-state index contributed by atoms with van der Waals surface area (Å²) in [5.74, 6) is -2.89. The monoisotopic (exact) mass is 190 g/mol. The summed E-state index contributed by atoms with van der Waals surface area (Å²) >= 11 is 0. The summed E-state index contributed by atoms with van der Waals surface area (Å²) in [4.78, 5) is 21.7. The Labute approximate surface area is 78.7 Å². The zero-order valence-electron chi connectivity index (χ0n) is 9.32. The maximum atomic E-state index is 11.1. The molecule has 0 radical (unpaired) electrons. The minimum Gasteiger partial charge on any atom is -0.477 e. The van der Waals surface area contributed by atoms with Gasteiger partial charge in [-0.1, -0.05) is 0 Å². The van der Waals surface area contributed by atoms with Crippen LogP contribution in [0, 0.1) is 11.8 Å². The summed E-state index contributed by atoms with van der Waals surface area (Å²) in [6.45, 7) is 0. The van der Waals surface area contributed by atoms with E-state index >= 15 is 0 Å². The van der Waals surface area contributed by atoms with Gasteiger partial charge in [-0.3, -0.25) is 4.79 Å². The fourth-order valence-electron chi connectivity index (χ4n) is 1.12. The normalized spacial score (nSPS) is 31.2. The molecular weight excluding hydrogens is 174 g/mol. The Morgan fingerprint density at radius 3 is 2.92 bits per heavy atom. The molecule has 0 amide bonds. The molecule has 0 bridgehead atoms. The van der Waals surface area contributed by atoms with Crippen LogP contribution in [0.15, 0.2) is 0 Å². The number of ether oxygens (including phenoxy) is 1. The van der Waals surface area contributed by atoms with Crippen molar-refractivity contribution in [2.75, 3.05) is 7.11 Å². The van der Waals surface area contributed by atoms with Gasteiger partial charge in [0, 0.05) is 9.11 Å². The highest BCUT2D eigenvalue weighted by molar-refractivity contribution is 5.76. The van der Waals surface area contributed by atoms with E-state index in [1.807, 2.05) is 0 Å². The standard InChI is InChI=1S/C8H13NO4/c1-13-8(12)5-2-4(5)3-6(9)7(10)11/h4-6H,2-3,9H2,1H3,(H,10,11)/p+1/t4-,5+,6?/m0/s1/i3D2. The van der Waals surface area contributed by atoms with E-state index in [0.29, 0.717) is 6.42 Å². The first-order valence-corrected chi connectivity index (χ1v) is 3.96. The van der Waals surface area contributed by atoms with Gasteiger partial charge >= 0.3 is 11.9 Å². The van der Waals surface area contributed by atoms with Gasteiger partial charge in [0.15, 0.2) is 6.04 Å². The first-order valence-electron chi connectivity index (χ1n) is 4.96. The Kier molecular flexibility index (Phi) is 2.11. The van der Waals surface area contributed by atoms with Crippen molar-refractivity contribution in [2.24, 2.45) is 11.8 Å². The van der Waals surface area contributed by atoms with Crippen LogP contribution in [0.2, 0.25) is 0 Å². The average molecular weight is 190 g/mol. The molecule has 1 aliphatic carbocycles. The van der Waals surface area contributed by atoms with Gasteiger partial charge in [0.2, 0.25) is 0 Å². The molecule has 0 aromatic carbocycles. The van der Waals surface area contributed by atoms with E-state index in [0.717, 1.165) is 0 Å². The number of quaternary nitrogens is 1. The molecule has 3 atom stereocenters. The van der Waals surface area contributed by atoms with Crippen LogP contribution in [0.25, 0.3) is 0 Å². The quantitative estimate of drug-likeness (QED) is 0.549. The van der Waals surface area contributed by atoms with E-state index in [4.69, 9.17) is 7.85 Å². The SMILES string of the molecule is [2H]C([2H])(C([NH3+])C(=O)O)[C@@H]1C[C@H]1C(=O)OC. The molecule has 1 aliphatic rings. The van der Waals surface area contributed by atoms with Gasteiger partial charge in [0.05, 0.1) is 13.0 Å². The molecule has 0 saturated heterocycles. The summed E-state index contributed by atoms with van der Waals surface area (Å²) in [5, 5.41) is 8.66. The van der Waals surface area contributed by atoms with Crippen molar-refractivity contribution in [1.82, 2.24) is 0 Å². The second-order valence-corrected chi connectivity index (χ2v) is 3.03. The van der Waals surface area contributed by atoms with Crippen LogP contribution in [-0.2, 0) is 14.3 Å². The molecule has 0 aromatic heterocycles. The van der Waals surface area contributed by atoms with Crippen molar-refractivity contribution in [3.63, 3.8) is 0 Å². The van der Waals surface area contributed by atoms with E-state index in [-0.39, 0.29) is 0 Å². The first-order chi connectivity index (χ1) is 6.82. The Morgan fingerprint density at radius 1 is 1.85 bits per heavy atom. The summed E-state index contributed by atoms with van der Waals surface area (Å²) in [7, 11) is 1.23. The molecule has 5 heteroatoms. The predicted molar refractivity (Wildman–Crippen MR) is 42.5 cm³/mol. The highest BCUT2D eigenvalue weighted by Crippen LogP contribution is 2.42. The van der Waals surface area contributed by atoms with Crippen LogP contribution in [0.4, 0.5) is 0 Å². The smallest absolute Gasteiger partial charge is 0.362 e. The molecule has 5 nitrogen and oxygen atoms in total. The lowest BCUT2D eigenvalue weighted by molar-refractivity contribution is -0.409. The number of carbonyl (C=O) groups is 2. The lowest BCUT2D eigenvalue weighted by Crippen LogP contribution is -2.65. The lowest BCUT2D eigenvalue weighted by Gasteiger charge is -2.01. The highest BCUT2D eigenvalue weighted by atomic mass is 16.5. The van der Waals surface area contributed by atoms with Crippen molar-refractivity contribution in [2.45, 2.75) is 18.8 Å². The van der Waals surface area contributed by atoms with Crippen molar-refractivity contribution < 1.29 is 27.9 Å². The van der Waals surface area contributed by atoms with Crippen LogP contribution in [-0.4, -0.2) is 30.2 Å². The van der Waals surface area contributed by atoms with Gasteiger partial charge in [0.1, 0.15) is 0 Å². The summed E-state index contributed by atoms with van der Waals surface area (Å²) in [6, 6.07) is -1.36. The summed E-state index contributed by atoms with van der Waals surface area (Å²) < 4.78 is 19.7. The van der Waals surface area contributed by atoms with E-state index in [1.54, 1.807) is 0 Å². The van der Waals surface area contributed by atoms with Crippen molar-refractivity contribution >= 4 is 11.9 Å². The number of carboxylic acid groups (broad SMARTS) is 1. The second-order valence-electron chi connectivity index (χ2n) is 3.03. The molecule has 1 unspecified atom stereocenters. The van der Waals surface area contributed by atoms with Gasteiger partial charge in [-0.25, -0.2) is 4.79 Å². The van der Waals surface area contributed by atoms with Crippen LogP contribution in [0.3, 0.4) is 0 Å². The fourth-order valence-corrected chi connectivity index (χ4v) is 1.12. The minimum absolute atomic E-state index is 0.332. The van der Waals surface area contributed by atoms with Crippen LogP contribution in [0.1, 0.15) is 15.5 Å². The number of esters is 1. The molecule has 4 N–H and O–H groups in total. The Bertz CT molecular complexity index is 294. The Morgan fingerprint density at radius 2 is 2.46 bits per heavy atom. The van der Waals surface area contributed by atoms with Crippen LogP contribution in [0.5, 0.6) is 0 Å². The highest BCUT2D eigenvalue weighted by Gasteiger charge is 2.46. The Hall–Kier alpha value is -1.10. The van der Waals surface area contributed by atoms with Crippen molar-refractivity contribution in [3.8, 4) is 0 Å². The zero-order valence-corrected chi connectivity index (χ0v) is 7.32. The molecule has 0 aliphatic heterocycles. The fraction of sp³-hybridized carbons (Fsp3) is 0.750. The molecule has 1 fully saturated rings. The largest absolute Gasteiger partial charge is 0.477 e. The number of carbonyl (C=O) groups excluding carboxylic acids is 1. The third-order valence-corrected chi connectivity index (χ3v) is 2.01. The molecule has 0 aromatic rings. The number of hydrogen-bond acceptors (Lipinski definition) is 3. The third-order valence-electron chi connectivity index (χ3n) is 2.01. The van der Waals surface area contributed by atoms with E-state index < -0.39 is 36.2 Å². The summed E-state index contributed by atoms with van der Waals surface area (Å²) in [6.07, 6.45) is -1.64. The molecular formula is C8H14NO4+. The van der Waals surface area contributed by atoms with Crippen molar-refractivity contribution in [3.05, 3.63) is 0 Å². The third kappa shape index (κ3) is 2.42. The molecule has 13 heavy (non-hydrogen) atoms. The van der Waals surface area contributed by atoms with E-state index in [9.17, 15) is 9.59 Å². The minimum atomic E-state index is -1.97. The first kappa shape index (κ1) is 7.32. The van der Waals surface area contributed by atoms with Gasteiger partial charge in [0.25, 0.3) is 0 Å². The zero-order chi connectivity index (χ0) is 11.8. The lowest BCUT2D eigenvalue weighted by atomic mass is 10.1. The van der Waals surface area contributed by atoms with Crippen LogP contribution < -0.4 is 5.73 Å². The Balaban J connectivity index is 2.66. The van der Waals surface area contributed by atoms with Gasteiger partial charge in [-0.2, -0.15) is 0 Å². The van der Waals surface area contributed by atoms with Gasteiger partial charge in [-0.05, 0) is 12.3 Å². The van der Waals surface area contributed by atoms with Crippen molar-refractivity contribution in [1.29, 1.82) is 0 Å². The molecule has 0 spiro atoms. The number of aliphatic carboxylic acids is 1. The second kappa shape index (κ2) is 3.74. The van der Waals surface area contributed by atoms with E-state index in [2.05, 4.69) is 10.5 Å². The predicted octanol–water partition coefficient (Wildman–Crippen LogP) is -1.12. The number of hydrogen-bond donors (Lipinski definition) is 2. The number of carboxylic acids is 1. The molecule has 74 valence electrons. The average Bonchev–Trinajstić information content (AvgIpc) is 2.95. The van der Waals surface area contributed by atoms with Gasteiger partial charge < -0.3 is 15.6 Å². The summed E-state index contributed by atoms with van der Waals surface area (Å²) in [5.41, 5.74) is 3.26. The maximum absolute atomic E-state index is 11.1. The number of rotatable bonds is 4. The molecule has 1 saturated carbocycles. The van der Waals surface area contributed by atoms with E-state index in [1.165, 1.54) is 7.11 Å². The van der Waals surface area contributed by atoms with Gasteiger partial charge in [-0.15, -0.1) is 0 Å². The van der Waals surface area contributed by atoms with Crippen LogP contribution >= 0.6 is 0 Å². The molecule has 0 heterocycles. The molecule has 1 rings (SSSR count). The number of methoxy groups -OCH3 is 1.